The number of ether oxygens (including phenoxy) is 1. The van der Waals surface area contributed by atoms with E-state index in [2.05, 4.69) is 15.2 Å². The lowest BCUT2D eigenvalue weighted by atomic mass is 9.43. The number of carbonyl (C=O) groups excluding carboxylic acids is 1. The second-order valence-corrected chi connectivity index (χ2v) is 7.13. The molecule has 2 heterocycles. The van der Waals surface area contributed by atoms with Crippen LogP contribution in [0.1, 0.15) is 43.4 Å². The number of nitrogens with zero attached hydrogens (tertiary/aromatic N) is 2. The zero-order valence-corrected chi connectivity index (χ0v) is 13.8. The van der Waals surface area contributed by atoms with Crippen LogP contribution in [0.15, 0.2) is 36.8 Å². The van der Waals surface area contributed by atoms with E-state index >= 15 is 0 Å². The van der Waals surface area contributed by atoms with Crippen LogP contribution in [0.3, 0.4) is 0 Å². The average molecular weight is 326 g/mol. The Balaban J connectivity index is 2.02. The van der Waals surface area contributed by atoms with Gasteiger partial charge in [0.05, 0.1) is 16.4 Å². The third kappa shape index (κ3) is 1.77. The normalized spacial score (nSPS) is 35.0. The lowest BCUT2D eigenvalue weighted by molar-refractivity contribution is -0.168. The van der Waals surface area contributed by atoms with Crippen LogP contribution in [0.2, 0.25) is 0 Å². The SMILES string of the molecule is COC12CCC(C(N)=O)(CC1)C(c1cccnc1)(c1ccn[nH]1)C2. The fraction of sp³-hybridized carbons (Fsp3) is 0.500. The minimum atomic E-state index is -0.650. The molecular weight excluding hydrogens is 304 g/mol. The molecule has 1 atom stereocenters. The van der Waals surface area contributed by atoms with E-state index in [1.54, 1.807) is 19.5 Å². The van der Waals surface area contributed by atoms with Crippen molar-refractivity contribution in [3.8, 4) is 0 Å². The molecule has 0 aromatic carbocycles. The van der Waals surface area contributed by atoms with E-state index in [1.165, 1.54) is 0 Å². The minimum absolute atomic E-state index is 0.238. The number of aromatic amines is 1. The predicted molar refractivity (Wildman–Crippen MR) is 88.1 cm³/mol. The van der Waals surface area contributed by atoms with Gasteiger partial charge in [-0.3, -0.25) is 14.9 Å². The van der Waals surface area contributed by atoms with Crippen LogP contribution in [0.5, 0.6) is 0 Å². The first-order valence-electron chi connectivity index (χ1n) is 8.34. The highest BCUT2D eigenvalue weighted by atomic mass is 16.5. The first kappa shape index (κ1) is 15.3. The van der Waals surface area contributed by atoms with Crippen molar-refractivity contribution in [2.75, 3.05) is 7.11 Å². The third-order valence-electron chi connectivity index (χ3n) is 6.44. The number of pyridine rings is 1. The van der Waals surface area contributed by atoms with Crippen molar-refractivity contribution in [1.29, 1.82) is 0 Å². The number of aromatic nitrogens is 3. The van der Waals surface area contributed by atoms with Gasteiger partial charge >= 0.3 is 0 Å². The largest absolute Gasteiger partial charge is 0.378 e. The van der Waals surface area contributed by atoms with E-state index in [1.807, 2.05) is 24.4 Å². The van der Waals surface area contributed by atoms with Gasteiger partial charge in [0.1, 0.15) is 0 Å². The van der Waals surface area contributed by atoms with Crippen LogP contribution in [-0.4, -0.2) is 33.8 Å². The number of nitrogens with one attached hydrogen (secondary N) is 1. The number of H-pyrrole nitrogens is 1. The third-order valence-corrected chi connectivity index (χ3v) is 6.44. The molecule has 0 saturated heterocycles. The summed E-state index contributed by atoms with van der Waals surface area (Å²) in [5.41, 5.74) is 6.44. The van der Waals surface area contributed by atoms with Gasteiger partial charge in [0.25, 0.3) is 0 Å². The van der Waals surface area contributed by atoms with Gasteiger partial charge in [-0.05, 0) is 49.8 Å². The Morgan fingerprint density at radius 1 is 1.25 bits per heavy atom. The van der Waals surface area contributed by atoms with Crippen molar-refractivity contribution < 1.29 is 9.53 Å². The quantitative estimate of drug-likeness (QED) is 0.897. The standard InChI is InChI=1S/C18H22N4O2/c1-24-16-5-7-17(8-6-16,15(19)23)18(12-16,14-4-10-21-22-14)13-3-2-9-20-11-13/h2-4,9-11H,5-8,12H2,1H3,(H2,19,23)(H,21,22). The zero-order valence-electron chi connectivity index (χ0n) is 13.8. The molecular formula is C18H22N4O2. The number of methoxy groups -OCH3 is 1. The highest BCUT2D eigenvalue weighted by Crippen LogP contribution is 2.65. The molecule has 24 heavy (non-hydrogen) atoms. The average Bonchev–Trinajstić information content (AvgIpc) is 3.18. The lowest BCUT2D eigenvalue weighted by Gasteiger charge is -2.62. The van der Waals surface area contributed by atoms with Crippen LogP contribution in [0.4, 0.5) is 0 Å². The van der Waals surface area contributed by atoms with Crippen molar-refractivity contribution in [1.82, 2.24) is 15.2 Å². The van der Waals surface area contributed by atoms with Crippen molar-refractivity contribution in [3.63, 3.8) is 0 Å². The van der Waals surface area contributed by atoms with E-state index < -0.39 is 10.8 Å². The number of primary amides is 1. The van der Waals surface area contributed by atoms with Crippen LogP contribution in [-0.2, 0) is 14.9 Å². The molecule has 0 aliphatic heterocycles. The number of carbonyl (C=O) groups is 1. The Morgan fingerprint density at radius 3 is 2.58 bits per heavy atom. The van der Waals surface area contributed by atoms with E-state index in [0.717, 1.165) is 24.1 Å². The lowest BCUT2D eigenvalue weighted by Crippen LogP contribution is -2.66. The number of fused-ring (bicyclic) bond motifs is 3. The second-order valence-electron chi connectivity index (χ2n) is 7.13. The molecule has 2 bridgehead atoms. The van der Waals surface area contributed by atoms with Gasteiger partial charge in [-0.1, -0.05) is 6.07 Å². The molecule has 126 valence electrons. The second kappa shape index (κ2) is 5.14. The van der Waals surface area contributed by atoms with Crippen LogP contribution >= 0.6 is 0 Å². The summed E-state index contributed by atoms with van der Waals surface area (Å²) >= 11 is 0. The minimum Gasteiger partial charge on any atom is -0.378 e. The number of hydrogen-bond acceptors (Lipinski definition) is 4. The molecule has 1 unspecified atom stereocenters. The number of hydrogen-bond donors (Lipinski definition) is 2. The molecule has 5 rings (SSSR count). The molecule has 0 spiro atoms. The van der Waals surface area contributed by atoms with Gasteiger partial charge in [0.15, 0.2) is 0 Å². The maximum atomic E-state index is 12.7. The molecule has 0 radical (unpaired) electrons. The van der Waals surface area contributed by atoms with Gasteiger partial charge in [0, 0.05) is 31.4 Å². The summed E-state index contributed by atoms with van der Waals surface area (Å²) in [6.45, 7) is 0. The maximum Gasteiger partial charge on any atom is 0.224 e. The fourth-order valence-corrected chi connectivity index (χ4v) is 5.12. The van der Waals surface area contributed by atoms with Crippen LogP contribution in [0.25, 0.3) is 0 Å². The molecule has 3 fully saturated rings. The first-order chi connectivity index (χ1) is 11.6. The van der Waals surface area contributed by atoms with Crippen molar-refractivity contribution in [2.45, 2.75) is 43.1 Å². The summed E-state index contributed by atoms with van der Waals surface area (Å²) in [6.07, 6.45) is 9.14. The number of rotatable bonds is 4. The summed E-state index contributed by atoms with van der Waals surface area (Å²) in [5.74, 6) is -0.245. The summed E-state index contributed by atoms with van der Waals surface area (Å²) in [6, 6.07) is 5.88. The van der Waals surface area contributed by atoms with Crippen molar-refractivity contribution >= 4 is 5.91 Å². The van der Waals surface area contributed by atoms with Gasteiger partial charge < -0.3 is 10.5 Å². The topological polar surface area (TPSA) is 93.9 Å². The van der Waals surface area contributed by atoms with Gasteiger partial charge in [-0.15, -0.1) is 0 Å². The Morgan fingerprint density at radius 2 is 2.04 bits per heavy atom. The van der Waals surface area contributed by atoms with Crippen molar-refractivity contribution in [3.05, 3.63) is 48.0 Å². The Hall–Kier alpha value is -2.21. The molecule has 6 heteroatoms. The maximum absolute atomic E-state index is 12.7. The molecule has 3 N–H and O–H groups in total. The molecule has 6 nitrogen and oxygen atoms in total. The fourth-order valence-electron chi connectivity index (χ4n) is 5.12. The monoisotopic (exact) mass is 326 g/mol. The molecule has 2 aromatic rings. The number of nitrogens with two attached hydrogens (primary N) is 1. The van der Waals surface area contributed by atoms with Gasteiger partial charge in [-0.2, -0.15) is 5.10 Å². The Labute approximate surface area is 140 Å². The number of amides is 1. The first-order valence-corrected chi connectivity index (χ1v) is 8.34. The molecule has 2 aromatic heterocycles. The molecule has 3 aliphatic carbocycles. The van der Waals surface area contributed by atoms with Crippen LogP contribution in [0, 0.1) is 5.41 Å². The zero-order chi connectivity index (χ0) is 16.8. The van der Waals surface area contributed by atoms with Crippen LogP contribution < -0.4 is 5.73 Å². The molecule has 3 saturated carbocycles. The summed E-state index contributed by atoms with van der Waals surface area (Å²) in [4.78, 5) is 17.0. The van der Waals surface area contributed by atoms with E-state index in [0.29, 0.717) is 19.3 Å². The van der Waals surface area contributed by atoms with E-state index in [-0.39, 0.29) is 11.5 Å². The predicted octanol–water partition coefficient (Wildman–Crippen LogP) is 1.93. The summed E-state index contributed by atoms with van der Waals surface area (Å²) in [5, 5.41) is 7.26. The van der Waals surface area contributed by atoms with Gasteiger partial charge in [-0.25, -0.2) is 0 Å². The Kier molecular flexibility index (Phi) is 3.28. The smallest absolute Gasteiger partial charge is 0.224 e. The van der Waals surface area contributed by atoms with Gasteiger partial charge in [0.2, 0.25) is 5.91 Å². The molecule has 1 amide bonds. The molecule has 3 aliphatic rings. The van der Waals surface area contributed by atoms with E-state index in [9.17, 15) is 4.79 Å². The highest BCUT2D eigenvalue weighted by Gasteiger charge is 2.67. The van der Waals surface area contributed by atoms with Crippen molar-refractivity contribution in [2.24, 2.45) is 11.1 Å². The summed E-state index contributed by atoms with van der Waals surface area (Å²) < 4.78 is 5.96. The Bertz CT molecular complexity index is 736. The highest BCUT2D eigenvalue weighted by molar-refractivity contribution is 5.85. The van der Waals surface area contributed by atoms with E-state index in [4.69, 9.17) is 10.5 Å². The summed E-state index contributed by atoms with van der Waals surface area (Å²) in [7, 11) is 1.77.